The highest BCUT2D eigenvalue weighted by Gasteiger charge is 2.27. The molecule has 4 nitrogen and oxygen atoms in total. The SMILES string of the molecule is c1nc2c3c(ncn2n1)C1=C(CCCCS1)C3. The number of rotatable bonds is 0. The maximum Gasteiger partial charge on any atom is 0.162 e. The second kappa shape index (κ2) is 3.57. The monoisotopic (exact) mass is 244 g/mol. The maximum absolute atomic E-state index is 4.57. The molecule has 17 heavy (non-hydrogen) atoms. The molecule has 1 aliphatic carbocycles. The Morgan fingerprint density at radius 2 is 2.24 bits per heavy atom. The van der Waals surface area contributed by atoms with Crippen LogP contribution in [-0.4, -0.2) is 25.3 Å². The average molecular weight is 244 g/mol. The van der Waals surface area contributed by atoms with Gasteiger partial charge in [-0.05, 0) is 30.6 Å². The Morgan fingerprint density at radius 1 is 1.24 bits per heavy atom. The summed E-state index contributed by atoms with van der Waals surface area (Å²) in [4.78, 5) is 10.3. The molecule has 0 bridgehead atoms. The van der Waals surface area contributed by atoms with E-state index in [1.807, 2.05) is 11.8 Å². The van der Waals surface area contributed by atoms with Crippen molar-refractivity contribution in [1.29, 1.82) is 0 Å². The van der Waals surface area contributed by atoms with Gasteiger partial charge in [-0.15, -0.1) is 11.8 Å². The first-order valence-electron chi connectivity index (χ1n) is 5.96. The molecular weight excluding hydrogens is 232 g/mol. The van der Waals surface area contributed by atoms with Crippen molar-refractivity contribution in [2.75, 3.05) is 5.75 Å². The first-order chi connectivity index (χ1) is 8.43. The van der Waals surface area contributed by atoms with Crippen molar-refractivity contribution >= 4 is 22.3 Å². The molecule has 2 aliphatic rings. The smallest absolute Gasteiger partial charge is 0.162 e. The molecule has 0 aromatic carbocycles. The average Bonchev–Trinajstić information content (AvgIpc) is 2.87. The van der Waals surface area contributed by atoms with Gasteiger partial charge in [0.05, 0.1) is 5.69 Å². The summed E-state index contributed by atoms with van der Waals surface area (Å²) in [5.41, 5.74) is 4.96. The van der Waals surface area contributed by atoms with Crippen LogP contribution in [0.15, 0.2) is 18.2 Å². The van der Waals surface area contributed by atoms with E-state index in [2.05, 4.69) is 15.1 Å². The second-order valence-corrected chi connectivity index (χ2v) is 5.62. The summed E-state index contributed by atoms with van der Waals surface area (Å²) in [6, 6.07) is 0. The summed E-state index contributed by atoms with van der Waals surface area (Å²) in [6.45, 7) is 0. The van der Waals surface area contributed by atoms with Gasteiger partial charge < -0.3 is 0 Å². The van der Waals surface area contributed by atoms with Crippen molar-refractivity contribution in [2.45, 2.75) is 25.7 Å². The van der Waals surface area contributed by atoms with Crippen molar-refractivity contribution in [3.8, 4) is 0 Å². The highest BCUT2D eigenvalue weighted by Crippen LogP contribution is 2.44. The van der Waals surface area contributed by atoms with E-state index in [9.17, 15) is 0 Å². The largest absolute Gasteiger partial charge is 0.235 e. The number of hydrogen-bond donors (Lipinski definition) is 0. The normalized spacial score (nSPS) is 19.3. The first-order valence-corrected chi connectivity index (χ1v) is 6.94. The minimum atomic E-state index is 0.976. The zero-order valence-electron chi connectivity index (χ0n) is 9.39. The molecule has 0 saturated heterocycles. The van der Waals surface area contributed by atoms with Crippen LogP contribution in [0.1, 0.15) is 30.5 Å². The summed E-state index contributed by atoms with van der Waals surface area (Å²) < 4.78 is 1.77. The topological polar surface area (TPSA) is 43.1 Å². The van der Waals surface area contributed by atoms with Crippen molar-refractivity contribution in [1.82, 2.24) is 19.6 Å². The third-order valence-corrected chi connectivity index (χ3v) is 4.73. The quantitative estimate of drug-likeness (QED) is 0.713. The van der Waals surface area contributed by atoms with E-state index >= 15 is 0 Å². The Balaban J connectivity index is 1.92. The summed E-state index contributed by atoms with van der Waals surface area (Å²) in [6.07, 6.45) is 8.26. The minimum absolute atomic E-state index is 0.976. The van der Waals surface area contributed by atoms with Gasteiger partial charge >= 0.3 is 0 Å². The van der Waals surface area contributed by atoms with Gasteiger partial charge in [0.25, 0.3) is 0 Å². The number of aromatic nitrogens is 4. The molecular formula is C12H12N4S. The number of hydrogen-bond acceptors (Lipinski definition) is 4. The fourth-order valence-corrected chi connectivity index (χ4v) is 3.90. The zero-order valence-corrected chi connectivity index (χ0v) is 10.2. The molecule has 0 unspecified atom stereocenters. The van der Waals surface area contributed by atoms with Crippen LogP contribution in [0.4, 0.5) is 0 Å². The third-order valence-electron chi connectivity index (χ3n) is 3.47. The van der Waals surface area contributed by atoms with Crippen molar-refractivity contribution in [3.05, 3.63) is 29.5 Å². The molecule has 0 spiro atoms. The van der Waals surface area contributed by atoms with Crippen molar-refractivity contribution < 1.29 is 0 Å². The molecule has 0 radical (unpaired) electrons. The molecule has 0 N–H and O–H groups in total. The van der Waals surface area contributed by atoms with E-state index in [1.54, 1.807) is 22.7 Å². The fraction of sp³-hybridized carbons (Fsp3) is 0.417. The molecule has 0 saturated carbocycles. The minimum Gasteiger partial charge on any atom is -0.235 e. The van der Waals surface area contributed by atoms with Crippen LogP contribution >= 0.6 is 11.8 Å². The van der Waals surface area contributed by atoms with Gasteiger partial charge in [-0.2, -0.15) is 5.10 Å². The van der Waals surface area contributed by atoms with E-state index < -0.39 is 0 Å². The summed E-state index contributed by atoms with van der Waals surface area (Å²) in [5, 5.41) is 4.15. The van der Waals surface area contributed by atoms with E-state index in [0.717, 1.165) is 17.8 Å². The maximum atomic E-state index is 4.57. The van der Waals surface area contributed by atoms with Gasteiger partial charge in [-0.25, -0.2) is 14.5 Å². The van der Waals surface area contributed by atoms with Crippen molar-refractivity contribution in [3.63, 3.8) is 0 Å². The Labute approximate surface area is 103 Å². The van der Waals surface area contributed by atoms with Crippen LogP contribution < -0.4 is 0 Å². The zero-order chi connectivity index (χ0) is 11.2. The molecule has 3 heterocycles. The summed E-state index contributed by atoms with van der Waals surface area (Å²) in [7, 11) is 0. The van der Waals surface area contributed by atoms with Gasteiger partial charge in [0.2, 0.25) is 0 Å². The predicted molar refractivity (Wildman–Crippen MR) is 67.7 cm³/mol. The highest BCUT2D eigenvalue weighted by atomic mass is 32.2. The van der Waals surface area contributed by atoms with E-state index in [1.165, 1.54) is 35.5 Å². The molecule has 2 aromatic rings. The number of nitrogens with zero attached hydrogens (tertiary/aromatic N) is 4. The van der Waals surface area contributed by atoms with E-state index in [4.69, 9.17) is 0 Å². The lowest BCUT2D eigenvalue weighted by atomic mass is 10.1. The molecule has 86 valence electrons. The molecule has 0 amide bonds. The van der Waals surface area contributed by atoms with Gasteiger partial charge in [0.15, 0.2) is 5.65 Å². The van der Waals surface area contributed by atoms with Crippen LogP contribution in [-0.2, 0) is 6.42 Å². The van der Waals surface area contributed by atoms with Crippen LogP contribution in [0.5, 0.6) is 0 Å². The molecule has 1 aliphatic heterocycles. The second-order valence-electron chi connectivity index (χ2n) is 4.51. The van der Waals surface area contributed by atoms with Crippen LogP contribution in [0.25, 0.3) is 10.6 Å². The lowest BCUT2D eigenvalue weighted by molar-refractivity contribution is 0.790. The molecule has 0 atom stereocenters. The Hall–Kier alpha value is -1.36. The number of fused-ring (bicyclic) bond motifs is 4. The Morgan fingerprint density at radius 3 is 3.24 bits per heavy atom. The van der Waals surface area contributed by atoms with Crippen LogP contribution in [0, 0.1) is 0 Å². The lowest BCUT2D eigenvalue weighted by Crippen LogP contribution is -1.98. The highest BCUT2D eigenvalue weighted by molar-refractivity contribution is 8.08. The molecule has 0 fully saturated rings. The van der Waals surface area contributed by atoms with Gasteiger partial charge in [0.1, 0.15) is 12.7 Å². The van der Waals surface area contributed by atoms with Gasteiger partial charge in [-0.3, -0.25) is 0 Å². The molecule has 2 aromatic heterocycles. The summed E-state index contributed by atoms with van der Waals surface area (Å²) in [5.74, 6) is 1.22. The number of allylic oxidation sites excluding steroid dienone is 1. The van der Waals surface area contributed by atoms with Crippen LogP contribution in [0.2, 0.25) is 0 Å². The summed E-state index contributed by atoms with van der Waals surface area (Å²) >= 11 is 1.97. The third kappa shape index (κ3) is 1.35. The lowest BCUT2D eigenvalue weighted by Gasteiger charge is -2.03. The fourth-order valence-electron chi connectivity index (χ4n) is 2.65. The van der Waals surface area contributed by atoms with Gasteiger partial charge in [0, 0.05) is 16.9 Å². The van der Waals surface area contributed by atoms with Crippen LogP contribution in [0.3, 0.4) is 0 Å². The predicted octanol–water partition coefficient (Wildman–Crippen LogP) is 2.31. The van der Waals surface area contributed by atoms with Crippen molar-refractivity contribution in [2.24, 2.45) is 0 Å². The first kappa shape index (κ1) is 9.65. The molecule has 5 heteroatoms. The molecule has 4 rings (SSSR count). The standard InChI is InChI=1S/C12H12N4S/c1-2-4-17-11-8(3-1)5-9-10(11)14-7-16-12(9)13-6-15-16/h6-7H,1-5H2. The Bertz CT molecular complexity index is 628. The number of thioether (sulfide) groups is 1. The Kier molecular flexibility index (Phi) is 2.02. The van der Waals surface area contributed by atoms with E-state index in [-0.39, 0.29) is 0 Å². The van der Waals surface area contributed by atoms with Gasteiger partial charge in [-0.1, -0.05) is 0 Å². The van der Waals surface area contributed by atoms with E-state index in [0.29, 0.717) is 0 Å².